The minimum Gasteiger partial charge on any atom is -0.368 e. The van der Waals surface area contributed by atoms with Gasteiger partial charge in [0.1, 0.15) is 11.5 Å². The molecule has 0 radical (unpaired) electrons. The second kappa shape index (κ2) is 8.79. The second-order valence-electron chi connectivity index (χ2n) is 6.36. The van der Waals surface area contributed by atoms with Gasteiger partial charge in [0.15, 0.2) is 5.69 Å². The van der Waals surface area contributed by atoms with E-state index < -0.39 is 0 Å². The largest absolute Gasteiger partial charge is 0.368 e. The van der Waals surface area contributed by atoms with Crippen molar-refractivity contribution >= 4 is 23.3 Å². The summed E-state index contributed by atoms with van der Waals surface area (Å²) in [5, 5.41) is 12.1. The first kappa shape index (κ1) is 19.8. The van der Waals surface area contributed by atoms with Gasteiger partial charge in [-0.2, -0.15) is 10.2 Å². The van der Waals surface area contributed by atoms with E-state index in [1.165, 1.54) is 4.80 Å². The van der Waals surface area contributed by atoms with Crippen molar-refractivity contribution in [3.8, 4) is 5.69 Å². The molecule has 9 heteroatoms. The molecule has 3 aromatic heterocycles. The molecule has 0 spiro atoms. The van der Waals surface area contributed by atoms with Gasteiger partial charge in [0.2, 0.25) is 0 Å². The van der Waals surface area contributed by atoms with Crippen LogP contribution in [0.3, 0.4) is 0 Å². The van der Waals surface area contributed by atoms with Crippen molar-refractivity contribution in [1.29, 1.82) is 0 Å². The molecule has 1 atom stereocenters. The van der Waals surface area contributed by atoms with E-state index in [0.717, 1.165) is 12.1 Å². The molecule has 3 heterocycles. The lowest BCUT2D eigenvalue weighted by atomic mass is 10.1. The third-order valence-corrected chi connectivity index (χ3v) is 4.66. The molecule has 3 rings (SSSR count). The Labute approximate surface area is 168 Å². The summed E-state index contributed by atoms with van der Waals surface area (Å²) in [6.45, 7) is 4.43. The maximum Gasteiger partial charge on any atom is 0.274 e. The third-order valence-electron chi connectivity index (χ3n) is 4.44. The maximum absolute atomic E-state index is 13.2. The van der Waals surface area contributed by atoms with Crippen LogP contribution in [0.15, 0.2) is 42.9 Å². The van der Waals surface area contributed by atoms with Crippen LogP contribution in [0.4, 0.5) is 5.82 Å². The van der Waals surface area contributed by atoms with E-state index in [2.05, 4.69) is 25.5 Å². The number of halogens is 1. The van der Waals surface area contributed by atoms with Gasteiger partial charge in [-0.3, -0.25) is 4.79 Å². The van der Waals surface area contributed by atoms with Crippen LogP contribution in [-0.2, 0) is 0 Å². The van der Waals surface area contributed by atoms with Crippen LogP contribution in [0.25, 0.3) is 5.69 Å². The molecule has 0 fully saturated rings. The molecule has 0 aliphatic rings. The van der Waals surface area contributed by atoms with Crippen LogP contribution in [0.1, 0.15) is 29.5 Å². The van der Waals surface area contributed by atoms with Gasteiger partial charge in [-0.05, 0) is 37.6 Å². The summed E-state index contributed by atoms with van der Waals surface area (Å²) < 4.78 is 0. The Bertz CT molecular complexity index is 928. The molecule has 1 N–H and O–H groups in total. The number of nitrogens with one attached hydrogen (secondary N) is 1. The van der Waals surface area contributed by atoms with Gasteiger partial charge in [-0.15, -0.1) is 4.80 Å². The number of aryl methyl sites for hydroxylation is 1. The van der Waals surface area contributed by atoms with Crippen molar-refractivity contribution in [3.63, 3.8) is 0 Å². The van der Waals surface area contributed by atoms with Gasteiger partial charge in [0.05, 0.1) is 17.4 Å². The molecule has 1 amide bonds. The van der Waals surface area contributed by atoms with Crippen molar-refractivity contribution < 1.29 is 4.79 Å². The molecule has 0 aromatic carbocycles. The summed E-state index contributed by atoms with van der Waals surface area (Å²) in [6, 6.07) is 7.17. The number of hydrogen-bond acceptors (Lipinski definition) is 6. The standard InChI is InChI=1S/C19H22ClN7O/c1-4-15(12-22-17-8-6-14(20)11-21-17)26(3)19(28)18-16(7-5-13(2)25-18)27-23-9-10-24-27/h5-11,15H,4,12H2,1-3H3,(H,21,22)/t15-/m0/s1. The quantitative estimate of drug-likeness (QED) is 0.657. The fraction of sp³-hybridized carbons (Fsp3) is 0.316. The molecule has 28 heavy (non-hydrogen) atoms. The molecule has 0 saturated heterocycles. The molecular weight excluding hydrogens is 378 g/mol. The average molecular weight is 400 g/mol. The highest BCUT2D eigenvalue weighted by atomic mass is 35.5. The van der Waals surface area contributed by atoms with Crippen LogP contribution >= 0.6 is 11.6 Å². The minimum absolute atomic E-state index is 0.0503. The summed E-state index contributed by atoms with van der Waals surface area (Å²) in [5.41, 5.74) is 1.63. The Morgan fingerprint density at radius 3 is 2.64 bits per heavy atom. The minimum atomic E-state index is -0.186. The Morgan fingerprint density at radius 1 is 1.25 bits per heavy atom. The first-order valence-electron chi connectivity index (χ1n) is 8.96. The van der Waals surface area contributed by atoms with Gasteiger partial charge in [0, 0.05) is 31.5 Å². The number of carbonyl (C=O) groups excluding carboxylic acids is 1. The lowest BCUT2D eigenvalue weighted by Gasteiger charge is -2.28. The second-order valence-corrected chi connectivity index (χ2v) is 6.80. The highest BCUT2D eigenvalue weighted by Gasteiger charge is 2.24. The topological polar surface area (TPSA) is 88.8 Å². The highest BCUT2D eigenvalue weighted by molar-refractivity contribution is 6.30. The lowest BCUT2D eigenvalue weighted by molar-refractivity contribution is 0.0729. The summed E-state index contributed by atoms with van der Waals surface area (Å²) in [6.07, 6.45) is 5.48. The van der Waals surface area contributed by atoms with Gasteiger partial charge in [-0.25, -0.2) is 9.97 Å². The molecular formula is C19H22ClN7O. The fourth-order valence-electron chi connectivity index (χ4n) is 2.80. The van der Waals surface area contributed by atoms with Crippen LogP contribution in [0.2, 0.25) is 5.02 Å². The Balaban J connectivity index is 1.78. The van der Waals surface area contributed by atoms with Gasteiger partial charge < -0.3 is 10.2 Å². The van der Waals surface area contributed by atoms with Gasteiger partial charge in [0.25, 0.3) is 5.91 Å². The maximum atomic E-state index is 13.2. The van der Waals surface area contributed by atoms with Crippen LogP contribution < -0.4 is 5.32 Å². The Morgan fingerprint density at radius 2 is 2.00 bits per heavy atom. The van der Waals surface area contributed by atoms with Crippen LogP contribution in [-0.4, -0.2) is 55.4 Å². The van der Waals surface area contributed by atoms with Gasteiger partial charge >= 0.3 is 0 Å². The predicted molar refractivity (Wildman–Crippen MR) is 108 cm³/mol. The third kappa shape index (κ3) is 4.45. The molecule has 0 aliphatic heterocycles. The molecule has 146 valence electrons. The number of amides is 1. The predicted octanol–water partition coefficient (Wildman–Crippen LogP) is 2.98. The number of pyridine rings is 2. The van der Waals surface area contributed by atoms with E-state index in [9.17, 15) is 4.79 Å². The number of aromatic nitrogens is 5. The van der Waals surface area contributed by atoms with E-state index >= 15 is 0 Å². The number of carbonyl (C=O) groups is 1. The van der Waals surface area contributed by atoms with E-state index in [0.29, 0.717) is 28.8 Å². The molecule has 3 aromatic rings. The zero-order valence-corrected chi connectivity index (χ0v) is 16.8. The first-order chi connectivity index (χ1) is 13.5. The summed E-state index contributed by atoms with van der Waals surface area (Å²) >= 11 is 5.87. The summed E-state index contributed by atoms with van der Waals surface area (Å²) in [5.74, 6) is 0.521. The fourth-order valence-corrected chi connectivity index (χ4v) is 2.91. The Hall–Kier alpha value is -3.00. The van der Waals surface area contributed by atoms with Crippen molar-refractivity contribution in [1.82, 2.24) is 29.9 Å². The van der Waals surface area contributed by atoms with E-state index in [4.69, 9.17) is 11.6 Å². The summed E-state index contributed by atoms with van der Waals surface area (Å²) in [7, 11) is 1.78. The van der Waals surface area contributed by atoms with Gasteiger partial charge in [-0.1, -0.05) is 18.5 Å². The average Bonchev–Trinajstić information content (AvgIpc) is 3.23. The SMILES string of the molecule is CC[C@@H](CNc1ccc(Cl)cn1)N(C)C(=O)c1nc(C)ccc1-n1nccn1. The molecule has 0 unspecified atom stereocenters. The molecule has 8 nitrogen and oxygen atoms in total. The van der Waals surface area contributed by atoms with Crippen molar-refractivity contribution in [2.45, 2.75) is 26.3 Å². The highest BCUT2D eigenvalue weighted by Crippen LogP contribution is 2.16. The number of anilines is 1. The smallest absolute Gasteiger partial charge is 0.274 e. The zero-order valence-electron chi connectivity index (χ0n) is 16.0. The van der Waals surface area contributed by atoms with Crippen LogP contribution in [0.5, 0.6) is 0 Å². The number of nitrogens with zero attached hydrogens (tertiary/aromatic N) is 6. The van der Waals surface area contributed by atoms with Crippen molar-refractivity contribution in [2.75, 3.05) is 18.9 Å². The zero-order chi connectivity index (χ0) is 20.1. The number of hydrogen-bond donors (Lipinski definition) is 1. The molecule has 0 saturated carbocycles. The monoisotopic (exact) mass is 399 g/mol. The van der Waals surface area contributed by atoms with E-state index in [1.807, 2.05) is 19.9 Å². The number of likely N-dealkylation sites (N-methyl/N-ethyl adjacent to an activating group) is 1. The van der Waals surface area contributed by atoms with E-state index in [1.54, 1.807) is 48.7 Å². The molecule has 0 bridgehead atoms. The number of rotatable bonds is 7. The van der Waals surface area contributed by atoms with Crippen molar-refractivity contribution in [2.24, 2.45) is 0 Å². The first-order valence-corrected chi connectivity index (χ1v) is 9.34. The lowest BCUT2D eigenvalue weighted by Crippen LogP contribution is -2.42. The normalized spacial score (nSPS) is 11.9. The van der Waals surface area contributed by atoms with Crippen molar-refractivity contribution in [3.05, 3.63) is 59.3 Å². The van der Waals surface area contributed by atoms with Crippen LogP contribution in [0, 0.1) is 6.92 Å². The Kier molecular flexibility index (Phi) is 6.20. The van der Waals surface area contributed by atoms with E-state index in [-0.39, 0.29) is 11.9 Å². The summed E-state index contributed by atoms with van der Waals surface area (Å²) in [4.78, 5) is 25.0. The molecule has 0 aliphatic carbocycles.